The van der Waals surface area contributed by atoms with Gasteiger partial charge in [-0.05, 0) is 57.2 Å². The molecule has 0 unspecified atom stereocenters. The molecule has 0 bridgehead atoms. The fourth-order valence-corrected chi connectivity index (χ4v) is 3.04. The third-order valence-electron chi connectivity index (χ3n) is 4.35. The second-order valence-corrected chi connectivity index (χ2v) is 6.49. The van der Waals surface area contributed by atoms with E-state index in [1.54, 1.807) is 19.1 Å². The third-order valence-corrected chi connectivity index (χ3v) is 4.35. The molecule has 3 rings (SSSR count). The van der Waals surface area contributed by atoms with Gasteiger partial charge >= 0.3 is 5.97 Å². The summed E-state index contributed by atoms with van der Waals surface area (Å²) in [7, 11) is 0. The molecule has 0 radical (unpaired) electrons. The van der Waals surface area contributed by atoms with Crippen molar-refractivity contribution in [3.63, 3.8) is 0 Å². The van der Waals surface area contributed by atoms with Gasteiger partial charge in [-0.3, -0.25) is 19.3 Å². The van der Waals surface area contributed by atoms with E-state index in [9.17, 15) is 14.4 Å². The van der Waals surface area contributed by atoms with Crippen molar-refractivity contribution in [3.8, 4) is 0 Å². The summed E-state index contributed by atoms with van der Waals surface area (Å²) in [6.45, 7) is 2.50. The summed E-state index contributed by atoms with van der Waals surface area (Å²) in [4.78, 5) is 53.3. The molecule has 0 fully saturated rings. The summed E-state index contributed by atoms with van der Waals surface area (Å²) in [5.74, 6) is -1.91. The van der Waals surface area contributed by atoms with Crippen LogP contribution in [-0.2, 0) is 27.2 Å². The second kappa shape index (κ2) is 10.2. The van der Waals surface area contributed by atoms with Crippen LogP contribution >= 0.6 is 0 Å². The van der Waals surface area contributed by atoms with Crippen LogP contribution in [0.1, 0.15) is 47.1 Å². The third kappa shape index (κ3) is 5.54. The van der Waals surface area contributed by atoms with E-state index in [2.05, 4.69) is 17.1 Å². The molecular weight excluding hydrogens is 374 g/mol. The molecule has 1 N–H and O–H groups in total. The predicted octanol–water partition coefficient (Wildman–Crippen LogP) is 2.26. The number of nitrogens with zero attached hydrogens (tertiary/aromatic N) is 3. The van der Waals surface area contributed by atoms with Crippen LogP contribution in [0, 0.1) is 6.92 Å². The lowest BCUT2D eigenvalue weighted by Crippen LogP contribution is -2.34. The SMILES string of the molecule is CC=O.Cc1cc2nc3c(nc2cc1C(=O)N(C=O)CC(=O)O)CC/C=C/CC3. The van der Waals surface area contributed by atoms with Gasteiger partial charge in [0.05, 0.1) is 22.4 Å². The lowest BCUT2D eigenvalue weighted by atomic mass is 10.0. The van der Waals surface area contributed by atoms with Gasteiger partial charge in [0.1, 0.15) is 12.8 Å². The van der Waals surface area contributed by atoms with Crippen LogP contribution < -0.4 is 0 Å². The van der Waals surface area contributed by atoms with E-state index >= 15 is 0 Å². The molecule has 0 atom stereocenters. The Morgan fingerprint density at radius 3 is 2.07 bits per heavy atom. The monoisotopic (exact) mass is 397 g/mol. The van der Waals surface area contributed by atoms with Gasteiger partial charge in [0.25, 0.3) is 5.91 Å². The van der Waals surface area contributed by atoms with Crippen molar-refractivity contribution in [1.82, 2.24) is 14.9 Å². The smallest absolute Gasteiger partial charge is 0.323 e. The summed E-state index contributed by atoms with van der Waals surface area (Å²) in [5.41, 5.74) is 4.04. The number of aromatic nitrogens is 2. The normalized spacial score (nSPS) is 13.7. The fourth-order valence-electron chi connectivity index (χ4n) is 3.04. The van der Waals surface area contributed by atoms with Crippen LogP contribution in [-0.4, -0.2) is 51.1 Å². The Labute approximate surface area is 168 Å². The zero-order chi connectivity index (χ0) is 21.4. The minimum Gasteiger partial charge on any atom is -0.480 e. The molecule has 1 heterocycles. The number of rotatable bonds is 4. The standard InChI is InChI=1S/C19H19N3O4.C2H4O/c1-12-8-16-17(9-13(12)19(26)22(11-23)10-18(24)25)21-15-7-5-3-2-4-6-14(15)20-16;1-2-3/h2-3,8-9,11H,4-7,10H2,1H3,(H,24,25);2H,1H3/b3-2+;. The average Bonchev–Trinajstić information content (AvgIpc) is 2.66. The van der Waals surface area contributed by atoms with Crippen LogP contribution in [0.25, 0.3) is 11.0 Å². The highest BCUT2D eigenvalue weighted by molar-refractivity contribution is 6.04. The summed E-state index contributed by atoms with van der Waals surface area (Å²) < 4.78 is 0. The summed E-state index contributed by atoms with van der Waals surface area (Å²) in [5, 5.41) is 8.85. The number of hydrogen-bond donors (Lipinski definition) is 1. The van der Waals surface area contributed by atoms with E-state index < -0.39 is 18.4 Å². The number of carboxylic acid groups (broad SMARTS) is 1. The van der Waals surface area contributed by atoms with Crippen molar-refractivity contribution in [2.45, 2.75) is 39.5 Å². The highest BCUT2D eigenvalue weighted by Gasteiger charge is 2.21. The predicted molar refractivity (Wildman–Crippen MR) is 107 cm³/mol. The Balaban J connectivity index is 0.000000941. The number of carbonyl (C=O) groups excluding carboxylic acids is 3. The van der Waals surface area contributed by atoms with Gasteiger partial charge in [-0.25, -0.2) is 9.97 Å². The van der Waals surface area contributed by atoms with Gasteiger partial charge in [-0.2, -0.15) is 0 Å². The number of aldehydes is 1. The Kier molecular flexibility index (Phi) is 7.70. The molecule has 1 aromatic carbocycles. The minimum atomic E-state index is -1.25. The number of amides is 2. The maximum atomic E-state index is 12.5. The Bertz CT molecular complexity index is 968. The number of aliphatic carboxylic acids is 1. The maximum Gasteiger partial charge on any atom is 0.323 e. The molecule has 0 spiro atoms. The van der Waals surface area contributed by atoms with Crippen LogP contribution in [0.3, 0.4) is 0 Å². The highest BCUT2D eigenvalue weighted by atomic mass is 16.4. The molecule has 1 aromatic heterocycles. The molecule has 2 aromatic rings. The number of imide groups is 1. The maximum absolute atomic E-state index is 12.5. The summed E-state index contributed by atoms with van der Waals surface area (Å²) in [6, 6.07) is 3.35. The van der Waals surface area contributed by atoms with Crippen molar-refractivity contribution in [2.75, 3.05) is 6.54 Å². The summed E-state index contributed by atoms with van der Waals surface area (Å²) >= 11 is 0. The van der Waals surface area contributed by atoms with Crippen molar-refractivity contribution in [3.05, 3.63) is 46.8 Å². The molecular formula is C21H23N3O5. The van der Waals surface area contributed by atoms with Crippen LogP contribution in [0.2, 0.25) is 0 Å². The van der Waals surface area contributed by atoms with Gasteiger partial charge in [0.2, 0.25) is 6.41 Å². The minimum absolute atomic E-state index is 0.235. The quantitative estimate of drug-likeness (QED) is 0.621. The van der Waals surface area contributed by atoms with E-state index in [1.807, 2.05) is 0 Å². The zero-order valence-electron chi connectivity index (χ0n) is 16.4. The number of carbonyl (C=O) groups is 4. The first-order valence-electron chi connectivity index (χ1n) is 9.24. The van der Waals surface area contributed by atoms with Crippen molar-refractivity contribution < 1.29 is 24.3 Å². The van der Waals surface area contributed by atoms with Gasteiger partial charge in [0.15, 0.2) is 0 Å². The lowest BCUT2D eigenvalue weighted by Gasteiger charge is -2.16. The lowest BCUT2D eigenvalue weighted by molar-refractivity contribution is -0.139. The van der Waals surface area contributed by atoms with E-state index in [0.717, 1.165) is 43.4 Å². The molecule has 152 valence electrons. The van der Waals surface area contributed by atoms with Crippen LogP contribution in [0.4, 0.5) is 0 Å². The van der Waals surface area contributed by atoms with E-state index in [0.29, 0.717) is 21.5 Å². The molecule has 29 heavy (non-hydrogen) atoms. The van der Waals surface area contributed by atoms with Gasteiger partial charge in [-0.15, -0.1) is 0 Å². The zero-order valence-corrected chi connectivity index (χ0v) is 16.4. The summed E-state index contributed by atoms with van der Waals surface area (Å²) in [6.07, 6.45) is 8.69. The second-order valence-electron chi connectivity index (χ2n) is 6.49. The number of hydrogen-bond acceptors (Lipinski definition) is 6. The highest BCUT2D eigenvalue weighted by Crippen LogP contribution is 2.22. The van der Waals surface area contributed by atoms with Gasteiger partial charge in [0, 0.05) is 5.56 Å². The fraction of sp³-hybridized carbons (Fsp3) is 0.333. The molecule has 8 heteroatoms. The number of allylic oxidation sites excluding steroid dienone is 2. The molecule has 2 amide bonds. The molecule has 8 nitrogen and oxygen atoms in total. The van der Waals surface area contributed by atoms with E-state index in [1.165, 1.54) is 6.92 Å². The Hall–Kier alpha value is -3.42. The first-order chi connectivity index (χ1) is 13.9. The van der Waals surface area contributed by atoms with Crippen molar-refractivity contribution in [1.29, 1.82) is 0 Å². The first-order valence-corrected chi connectivity index (χ1v) is 9.24. The number of aryl methyl sites for hydroxylation is 3. The molecule has 1 aliphatic carbocycles. The Morgan fingerprint density at radius 2 is 1.59 bits per heavy atom. The Morgan fingerprint density at radius 1 is 1.07 bits per heavy atom. The van der Waals surface area contributed by atoms with E-state index in [4.69, 9.17) is 14.9 Å². The molecule has 0 aliphatic heterocycles. The van der Waals surface area contributed by atoms with Crippen LogP contribution in [0.15, 0.2) is 24.3 Å². The number of carboxylic acids is 1. The van der Waals surface area contributed by atoms with Gasteiger partial charge < -0.3 is 9.90 Å². The van der Waals surface area contributed by atoms with Crippen molar-refractivity contribution >= 4 is 35.6 Å². The van der Waals surface area contributed by atoms with Gasteiger partial charge in [-0.1, -0.05) is 12.2 Å². The molecule has 0 saturated heterocycles. The number of fused-ring (bicyclic) bond motifs is 2. The molecule has 0 saturated carbocycles. The first kappa shape index (κ1) is 21.9. The molecule has 1 aliphatic rings. The topological polar surface area (TPSA) is 118 Å². The largest absolute Gasteiger partial charge is 0.480 e. The number of benzene rings is 1. The van der Waals surface area contributed by atoms with Crippen LogP contribution in [0.5, 0.6) is 0 Å². The average molecular weight is 397 g/mol. The van der Waals surface area contributed by atoms with E-state index in [-0.39, 0.29) is 12.0 Å². The van der Waals surface area contributed by atoms with Crippen molar-refractivity contribution in [2.24, 2.45) is 0 Å².